The van der Waals surface area contributed by atoms with Crippen molar-refractivity contribution >= 4 is 5.97 Å². The van der Waals surface area contributed by atoms with E-state index in [2.05, 4.69) is 0 Å². The zero-order chi connectivity index (χ0) is 16.3. The normalized spacial score (nSPS) is 15.4. The van der Waals surface area contributed by atoms with Crippen LogP contribution >= 0.6 is 0 Å². The molecule has 1 unspecified atom stereocenters. The number of hydrogen-bond acceptors (Lipinski definition) is 3. The third-order valence-corrected chi connectivity index (χ3v) is 2.83. The summed E-state index contributed by atoms with van der Waals surface area (Å²) >= 11 is 0. The molecule has 6 heteroatoms. The molecule has 0 amide bonds. The van der Waals surface area contributed by atoms with Crippen LogP contribution in [0.3, 0.4) is 0 Å². The summed E-state index contributed by atoms with van der Waals surface area (Å²) in [5, 5.41) is 10.0. The average molecular weight is 304 g/mol. The Morgan fingerprint density at radius 3 is 2.10 bits per heavy atom. The quantitative estimate of drug-likeness (QED) is 0.865. The fourth-order valence-electron chi connectivity index (χ4n) is 1.84. The van der Waals surface area contributed by atoms with Crippen LogP contribution in [0.1, 0.15) is 39.2 Å². The van der Waals surface area contributed by atoms with Gasteiger partial charge in [0.15, 0.2) is 5.60 Å². The predicted molar refractivity (Wildman–Crippen MR) is 71.5 cm³/mol. The molecule has 1 aromatic carbocycles. The molecule has 0 saturated carbocycles. The van der Waals surface area contributed by atoms with Crippen LogP contribution < -0.4 is 0 Å². The van der Waals surface area contributed by atoms with Crippen LogP contribution in [-0.4, -0.2) is 22.9 Å². The minimum absolute atomic E-state index is 0.291. The lowest BCUT2D eigenvalue weighted by molar-refractivity contribution is -0.269. The first-order valence-electron chi connectivity index (χ1n) is 6.52. The van der Waals surface area contributed by atoms with Crippen molar-refractivity contribution in [2.45, 2.75) is 51.0 Å². The maximum Gasteiger partial charge on any atom is 0.421 e. The lowest BCUT2D eigenvalue weighted by Gasteiger charge is -2.31. The average Bonchev–Trinajstić information content (AvgIpc) is 2.33. The summed E-state index contributed by atoms with van der Waals surface area (Å²) in [6.45, 7) is 4.87. The van der Waals surface area contributed by atoms with Crippen LogP contribution in [0.25, 0.3) is 0 Å². The lowest BCUT2D eigenvalue weighted by Crippen LogP contribution is -2.43. The Morgan fingerprint density at radius 1 is 1.14 bits per heavy atom. The van der Waals surface area contributed by atoms with Gasteiger partial charge in [-0.3, -0.25) is 4.79 Å². The molecule has 0 aliphatic rings. The highest BCUT2D eigenvalue weighted by Crippen LogP contribution is 2.42. The summed E-state index contributed by atoms with van der Waals surface area (Å²) in [4.78, 5) is 11.6. The highest BCUT2D eigenvalue weighted by Gasteiger charge is 2.54. The molecule has 0 fully saturated rings. The van der Waals surface area contributed by atoms with Crippen LogP contribution in [0.5, 0.6) is 0 Å². The second kappa shape index (κ2) is 6.05. The number of halogens is 3. The molecule has 0 saturated heterocycles. The number of esters is 1. The van der Waals surface area contributed by atoms with Gasteiger partial charge in [-0.15, -0.1) is 0 Å². The number of carbonyl (C=O) groups excluding carboxylic acids is 1. The molecule has 0 heterocycles. The van der Waals surface area contributed by atoms with E-state index < -0.39 is 36.2 Å². The lowest BCUT2D eigenvalue weighted by atomic mass is 9.88. The maximum absolute atomic E-state index is 13.2. The first kappa shape index (κ1) is 17.5. The Labute approximate surface area is 121 Å². The van der Waals surface area contributed by atoms with Crippen LogP contribution in [0.2, 0.25) is 0 Å². The Balaban J connectivity index is 2.89. The summed E-state index contributed by atoms with van der Waals surface area (Å²) in [5.74, 6) is -0.777. The van der Waals surface area contributed by atoms with Crippen molar-refractivity contribution in [3.05, 3.63) is 35.9 Å². The van der Waals surface area contributed by atoms with Crippen molar-refractivity contribution in [1.82, 2.24) is 0 Å². The van der Waals surface area contributed by atoms with Crippen molar-refractivity contribution in [1.29, 1.82) is 0 Å². The van der Waals surface area contributed by atoms with Gasteiger partial charge in [-0.25, -0.2) is 0 Å². The van der Waals surface area contributed by atoms with Crippen molar-refractivity contribution in [2.24, 2.45) is 0 Å². The fraction of sp³-hybridized carbons (Fsp3) is 0.533. The first-order valence-corrected chi connectivity index (χ1v) is 6.52. The Morgan fingerprint density at radius 2 is 1.67 bits per heavy atom. The molecule has 0 radical (unpaired) electrons. The van der Waals surface area contributed by atoms with Gasteiger partial charge in [0.25, 0.3) is 0 Å². The SMILES string of the molecule is CC(C)(C)OC(=O)CCC(O)(c1ccccc1)C(F)(F)F. The number of rotatable bonds is 4. The molecular weight excluding hydrogens is 285 g/mol. The van der Waals surface area contributed by atoms with Crippen molar-refractivity contribution < 1.29 is 27.8 Å². The molecule has 0 aliphatic heterocycles. The topological polar surface area (TPSA) is 46.5 Å². The van der Waals surface area contributed by atoms with Crippen molar-refractivity contribution in [3.8, 4) is 0 Å². The fourth-order valence-corrected chi connectivity index (χ4v) is 1.84. The van der Waals surface area contributed by atoms with Crippen molar-refractivity contribution in [3.63, 3.8) is 0 Å². The summed E-state index contributed by atoms with van der Waals surface area (Å²) in [7, 11) is 0. The van der Waals surface area contributed by atoms with Gasteiger partial charge in [0.2, 0.25) is 0 Å². The highest BCUT2D eigenvalue weighted by molar-refractivity contribution is 5.70. The Bertz CT molecular complexity index is 477. The number of ether oxygens (including phenoxy) is 1. The molecule has 1 atom stereocenters. The second-order valence-electron chi connectivity index (χ2n) is 5.81. The largest absolute Gasteiger partial charge is 0.460 e. The minimum Gasteiger partial charge on any atom is -0.460 e. The summed E-state index contributed by atoms with van der Waals surface area (Å²) in [6, 6.07) is 6.72. The van der Waals surface area contributed by atoms with E-state index in [1.807, 2.05) is 0 Å². The summed E-state index contributed by atoms with van der Waals surface area (Å²) in [6.07, 6.45) is -6.19. The number of alkyl halides is 3. The standard InChI is InChI=1S/C15H19F3O3/c1-13(2,3)21-12(19)9-10-14(20,15(16,17)18)11-7-5-4-6-8-11/h4-8,20H,9-10H2,1-3H3. The van der Waals surface area contributed by atoms with Gasteiger partial charge in [-0.05, 0) is 32.8 Å². The molecule has 0 bridgehead atoms. The van der Waals surface area contributed by atoms with Gasteiger partial charge < -0.3 is 9.84 Å². The van der Waals surface area contributed by atoms with E-state index >= 15 is 0 Å². The van der Waals surface area contributed by atoms with Gasteiger partial charge in [-0.1, -0.05) is 30.3 Å². The summed E-state index contributed by atoms with van der Waals surface area (Å²) in [5.41, 5.74) is -4.13. The monoisotopic (exact) mass is 304 g/mol. The number of benzene rings is 1. The van der Waals surface area contributed by atoms with E-state index in [-0.39, 0.29) is 5.56 Å². The van der Waals surface area contributed by atoms with Crippen LogP contribution in [0.4, 0.5) is 13.2 Å². The highest BCUT2D eigenvalue weighted by atomic mass is 19.4. The smallest absolute Gasteiger partial charge is 0.421 e. The van der Waals surface area contributed by atoms with E-state index in [9.17, 15) is 23.1 Å². The molecule has 3 nitrogen and oxygen atoms in total. The number of hydrogen-bond donors (Lipinski definition) is 1. The second-order valence-corrected chi connectivity index (χ2v) is 5.81. The molecule has 1 N–H and O–H groups in total. The third kappa shape index (κ3) is 4.74. The van der Waals surface area contributed by atoms with Gasteiger partial charge in [0, 0.05) is 6.42 Å². The van der Waals surface area contributed by atoms with Gasteiger partial charge in [-0.2, -0.15) is 13.2 Å². The molecule has 118 valence electrons. The zero-order valence-electron chi connectivity index (χ0n) is 12.2. The molecule has 1 aromatic rings. The van der Waals surface area contributed by atoms with Gasteiger partial charge >= 0.3 is 12.1 Å². The number of aliphatic hydroxyl groups is 1. The third-order valence-electron chi connectivity index (χ3n) is 2.83. The molecule has 1 rings (SSSR count). The molecule has 0 aliphatic carbocycles. The van der Waals surface area contributed by atoms with E-state index in [1.54, 1.807) is 26.8 Å². The van der Waals surface area contributed by atoms with Crippen LogP contribution in [0, 0.1) is 0 Å². The van der Waals surface area contributed by atoms with Crippen LogP contribution in [0.15, 0.2) is 30.3 Å². The van der Waals surface area contributed by atoms with Gasteiger partial charge in [0.1, 0.15) is 5.60 Å². The Kier molecular flexibility index (Phi) is 5.04. The van der Waals surface area contributed by atoms with Gasteiger partial charge in [0.05, 0.1) is 0 Å². The van der Waals surface area contributed by atoms with E-state index in [1.165, 1.54) is 24.3 Å². The predicted octanol–water partition coefficient (Wildman–Crippen LogP) is 3.56. The Hall–Kier alpha value is -1.56. The molecule has 0 spiro atoms. The van der Waals surface area contributed by atoms with E-state index in [0.29, 0.717) is 0 Å². The molecular formula is C15H19F3O3. The minimum atomic E-state index is -4.88. The summed E-state index contributed by atoms with van der Waals surface area (Å²) < 4.78 is 44.5. The number of carbonyl (C=O) groups is 1. The van der Waals surface area contributed by atoms with Crippen LogP contribution in [-0.2, 0) is 15.1 Å². The molecule has 21 heavy (non-hydrogen) atoms. The molecule has 0 aromatic heterocycles. The maximum atomic E-state index is 13.2. The van der Waals surface area contributed by atoms with E-state index in [0.717, 1.165) is 0 Å². The van der Waals surface area contributed by atoms with Crippen molar-refractivity contribution in [2.75, 3.05) is 0 Å². The first-order chi connectivity index (χ1) is 9.46. The van der Waals surface area contributed by atoms with E-state index in [4.69, 9.17) is 4.74 Å². The zero-order valence-corrected chi connectivity index (χ0v) is 12.2.